The van der Waals surface area contributed by atoms with E-state index in [1.807, 2.05) is 12.1 Å². The van der Waals surface area contributed by atoms with E-state index in [0.29, 0.717) is 24.8 Å². The quantitative estimate of drug-likeness (QED) is 0.804. The molecule has 96 valence electrons. The number of rotatable bonds is 7. The van der Waals surface area contributed by atoms with Crippen molar-refractivity contribution in [3.05, 3.63) is 24.2 Å². The van der Waals surface area contributed by atoms with Crippen molar-refractivity contribution in [3.8, 4) is 0 Å². The molecule has 0 saturated carbocycles. The maximum Gasteiger partial charge on any atom is 0.232 e. The third kappa shape index (κ3) is 5.28. The van der Waals surface area contributed by atoms with Crippen molar-refractivity contribution >= 4 is 17.7 Å². The highest BCUT2D eigenvalue weighted by Crippen LogP contribution is 2.10. The maximum absolute atomic E-state index is 11.8. The summed E-state index contributed by atoms with van der Waals surface area (Å²) >= 11 is 1.63. The van der Waals surface area contributed by atoms with E-state index in [4.69, 9.17) is 10.2 Å². The fourth-order valence-electron chi connectivity index (χ4n) is 1.25. The SMILES string of the molecule is CC(CN)CSCC(=O)N(C)Cc1ccco1. The lowest BCUT2D eigenvalue weighted by Crippen LogP contribution is -2.28. The Hall–Kier alpha value is -0.940. The molecule has 17 heavy (non-hydrogen) atoms. The predicted octanol–water partition coefficient (Wildman–Crippen LogP) is 1.57. The largest absolute Gasteiger partial charge is 0.467 e. The van der Waals surface area contributed by atoms with E-state index in [2.05, 4.69) is 6.92 Å². The van der Waals surface area contributed by atoms with Gasteiger partial charge in [-0.05, 0) is 30.3 Å². The predicted molar refractivity (Wildman–Crippen MR) is 70.7 cm³/mol. The standard InChI is InChI=1S/C12H20N2O2S/c1-10(6-13)8-17-9-12(15)14(2)7-11-4-3-5-16-11/h3-5,10H,6-9,13H2,1-2H3. The first-order valence-electron chi connectivity index (χ1n) is 5.67. The van der Waals surface area contributed by atoms with E-state index >= 15 is 0 Å². The number of furan rings is 1. The Kier molecular flexibility index (Phi) is 6.15. The van der Waals surface area contributed by atoms with E-state index in [9.17, 15) is 4.79 Å². The van der Waals surface area contributed by atoms with Crippen LogP contribution >= 0.6 is 11.8 Å². The number of hydrogen-bond acceptors (Lipinski definition) is 4. The minimum atomic E-state index is 0.121. The number of carbonyl (C=O) groups excluding carboxylic acids is 1. The minimum absolute atomic E-state index is 0.121. The molecule has 0 aromatic carbocycles. The zero-order valence-corrected chi connectivity index (χ0v) is 11.2. The first-order chi connectivity index (χ1) is 8.13. The highest BCUT2D eigenvalue weighted by molar-refractivity contribution is 7.99. The van der Waals surface area contributed by atoms with Crippen molar-refractivity contribution in [1.29, 1.82) is 0 Å². The van der Waals surface area contributed by atoms with Gasteiger partial charge in [0.15, 0.2) is 0 Å². The molecule has 0 aliphatic heterocycles. The van der Waals surface area contributed by atoms with Crippen molar-refractivity contribution in [2.75, 3.05) is 25.1 Å². The molecule has 1 aromatic rings. The molecule has 1 unspecified atom stereocenters. The molecular formula is C12H20N2O2S. The summed E-state index contributed by atoms with van der Waals surface area (Å²) < 4.78 is 5.20. The summed E-state index contributed by atoms with van der Waals surface area (Å²) in [5, 5.41) is 0. The van der Waals surface area contributed by atoms with Crippen molar-refractivity contribution in [2.24, 2.45) is 11.7 Å². The summed E-state index contributed by atoms with van der Waals surface area (Å²) in [7, 11) is 1.79. The number of nitrogens with zero attached hydrogens (tertiary/aromatic N) is 1. The van der Waals surface area contributed by atoms with Crippen LogP contribution in [-0.2, 0) is 11.3 Å². The number of carbonyl (C=O) groups is 1. The van der Waals surface area contributed by atoms with Gasteiger partial charge in [0.1, 0.15) is 5.76 Å². The molecule has 1 rings (SSSR count). The van der Waals surface area contributed by atoms with Crippen LogP contribution < -0.4 is 5.73 Å². The number of amides is 1. The second kappa shape index (κ2) is 7.40. The summed E-state index contributed by atoms with van der Waals surface area (Å²) in [5.41, 5.74) is 5.52. The van der Waals surface area contributed by atoms with Gasteiger partial charge >= 0.3 is 0 Å². The van der Waals surface area contributed by atoms with Gasteiger partial charge in [-0.25, -0.2) is 0 Å². The first-order valence-corrected chi connectivity index (χ1v) is 6.83. The molecule has 0 aliphatic carbocycles. The minimum Gasteiger partial charge on any atom is -0.467 e. The van der Waals surface area contributed by atoms with Crippen molar-refractivity contribution in [3.63, 3.8) is 0 Å². The summed E-state index contributed by atoms with van der Waals surface area (Å²) in [6.07, 6.45) is 1.62. The van der Waals surface area contributed by atoms with Crippen molar-refractivity contribution < 1.29 is 9.21 Å². The molecule has 4 nitrogen and oxygen atoms in total. The Labute approximate surface area is 107 Å². The first kappa shape index (κ1) is 14.1. The monoisotopic (exact) mass is 256 g/mol. The van der Waals surface area contributed by atoms with Crippen molar-refractivity contribution in [1.82, 2.24) is 4.90 Å². The highest BCUT2D eigenvalue weighted by Gasteiger charge is 2.11. The van der Waals surface area contributed by atoms with Crippen LogP contribution in [0.4, 0.5) is 0 Å². The van der Waals surface area contributed by atoms with Crippen LogP contribution in [0.25, 0.3) is 0 Å². The molecule has 0 saturated heterocycles. The average molecular weight is 256 g/mol. The number of nitrogens with two attached hydrogens (primary N) is 1. The van der Waals surface area contributed by atoms with E-state index < -0.39 is 0 Å². The van der Waals surface area contributed by atoms with Gasteiger partial charge in [0, 0.05) is 7.05 Å². The summed E-state index contributed by atoms with van der Waals surface area (Å²) in [4.78, 5) is 13.5. The lowest BCUT2D eigenvalue weighted by Gasteiger charge is -2.16. The van der Waals surface area contributed by atoms with E-state index in [1.54, 1.807) is 30.0 Å². The van der Waals surface area contributed by atoms with Crippen LogP contribution in [0.2, 0.25) is 0 Å². The van der Waals surface area contributed by atoms with Gasteiger partial charge < -0.3 is 15.1 Å². The average Bonchev–Trinajstić information content (AvgIpc) is 2.81. The third-order valence-corrected chi connectivity index (χ3v) is 3.68. The molecule has 1 atom stereocenters. The van der Waals surface area contributed by atoms with Gasteiger partial charge in [0.2, 0.25) is 5.91 Å². The van der Waals surface area contributed by atoms with Crippen LogP contribution in [0, 0.1) is 5.92 Å². The van der Waals surface area contributed by atoms with E-state index in [-0.39, 0.29) is 5.91 Å². The maximum atomic E-state index is 11.8. The molecular weight excluding hydrogens is 236 g/mol. The number of hydrogen-bond donors (Lipinski definition) is 1. The smallest absolute Gasteiger partial charge is 0.232 e. The van der Waals surface area contributed by atoms with Crippen LogP contribution in [0.1, 0.15) is 12.7 Å². The van der Waals surface area contributed by atoms with E-state index in [1.165, 1.54) is 0 Å². The molecule has 0 radical (unpaired) electrons. The van der Waals surface area contributed by atoms with Gasteiger partial charge in [-0.15, -0.1) is 0 Å². The fraction of sp³-hybridized carbons (Fsp3) is 0.583. The zero-order valence-electron chi connectivity index (χ0n) is 10.4. The van der Waals surface area contributed by atoms with Gasteiger partial charge in [0.05, 0.1) is 18.6 Å². The molecule has 1 aromatic heterocycles. The Morgan fingerprint density at radius 2 is 2.41 bits per heavy atom. The number of thioether (sulfide) groups is 1. The normalized spacial score (nSPS) is 12.4. The lowest BCUT2D eigenvalue weighted by molar-refractivity contribution is -0.127. The van der Waals surface area contributed by atoms with Crippen molar-refractivity contribution in [2.45, 2.75) is 13.5 Å². The van der Waals surface area contributed by atoms with Crippen LogP contribution in [0.15, 0.2) is 22.8 Å². The zero-order chi connectivity index (χ0) is 12.7. The Morgan fingerprint density at radius 3 is 3.00 bits per heavy atom. The van der Waals surface area contributed by atoms with Gasteiger partial charge in [-0.3, -0.25) is 4.79 Å². The van der Waals surface area contributed by atoms with Crippen LogP contribution in [-0.4, -0.2) is 35.9 Å². The second-order valence-electron chi connectivity index (χ2n) is 4.19. The molecule has 1 heterocycles. The van der Waals surface area contributed by atoms with Gasteiger partial charge in [-0.2, -0.15) is 11.8 Å². The summed E-state index contributed by atoms with van der Waals surface area (Å²) in [6, 6.07) is 3.69. The molecule has 1 amide bonds. The molecule has 0 fully saturated rings. The molecule has 0 aliphatic rings. The highest BCUT2D eigenvalue weighted by atomic mass is 32.2. The van der Waals surface area contributed by atoms with Gasteiger partial charge in [0.25, 0.3) is 0 Å². The topological polar surface area (TPSA) is 59.5 Å². The Bertz CT molecular complexity index is 327. The molecule has 0 bridgehead atoms. The second-order valence-corrected chi connectivity index (χ2v) is 5.22. The molecule has 5 heteroatoms. The summed E-state index contributed by atoms with van der Waals surface area (Å²) in [6.45, 7) is 3.28. The molecule has 0 spiro atoms. The Balaban J connectivity index is 2.23. The summed E-state index contributed by atoms with van der Waals surface area (Å²) in [5.74, 6) is 2.82. The van der Waals surface area contributed by atoms with Crippen LogP contribution in [0.5, 0.6) is 0 Å². The van der Waals surface area contributed by atoms with Crippen LogP contribution in [0.3, 0.4) is 0 Å². The Morgan fingerprint density at radius 1 is 1.65 bits per heavy atom. The van der Waals surface area contributed by atoms with Gasteiger partial charge in [-0.1, -0.05) is 6.92 Å². The fourth-order valence-corrected chi connectivity index (χ4v) is 2.30. The lowest BCUT2D eigenvalue weighted by atomic mass is 10.2. The molecule has 2 N–H and O–H groups in total. The van der Waals surface area contributed by atoms with E-state index in [0.717, 1.165) is 11.5 Å². The third-order valence-electron chi connectivity index (χ3n) is 2.43.